The number of nitrogens with zero attached hydrogens (tertiary/aromatic N) is 1. The fourth-order valence-corrected chi connectivity index (χ4v) is 2.67. The lowest BCUT2D eigenvalue weighted by molar-refractivity contribution is 0.00578. The minimum atomic E-state index is -0.967. The minimum absolute atomic E-state index is 0.377. The number of hydrogen-bond donors (Lipinski definition) is 0. The van der Waals surface area contributed by atoms with Crippen LogP contribution < -0.4 is 0 Å². The lowest BCUT2D eigenvalue weighted by Crippen LogP contribution is -2.41. The molecule has 0 amide bonds. The van der Waals surface area contributed by atoms with Gasteiger partial charge in [0, 0.05) is 18.1 Å². The first-order valence-corrected chi connectivity index (χ1v) is 8.17. The van der Waals surface area contributed by atoms with E-state index in [2.05, 4.69) is 0 Å². The van der Waals surface area contributed by atoms with E-state index in [1.54, 1.807) is 6.92 Å². The molecule has 0 spiro atoms. The molecule has 2 aromatic rings. The van der Waals surface area contributed by atoms with Crippen molar-refractivity contribution in [3.63, 3.8) is 0 Å². The number of allylic oxidation sites excluding steroid dienone is 1. The summed E-state index contributed by atoms with van der Waals surface area (Å²) in [6.07, 6.45) is 3.92. The highest BCUT2D eigenvalue weighted by Crippen LogP contribution is 2.40. The molecule has 0 saturated carbocycles. The zero-order valence-electron chi connectivity index (χ0n) is 14.8. The van der Waals surface area contributed by atoms with Gasteiger partial charge in [-0.25, -0.2) is 4.39 Å². The van der Waals surface area contributed by atoms with E-state index in [1.165, 1.54) is 0 Å². The third kappa shape index (κ3) is 2.94. The van der Waals surface area contributed by atoms with Crippen molar-refractivity contribution in [2.24, 2.45) is 0 Å². The molecule has 0 bridgehead atoms. The molecule has 5 heteroatoms. The van der Waals surface area contributed by atoms with Crippen LogP contribution in [0.3, 0.4) is 0 Å². The molecule has 0 unspecified atom stereocenters. The maximum atomic E-state index is 15.0. The SMILES string of the molecule is CC(=C(F)B1OC(C)(C)C(C)(C)O1)c1cccc(-n2cccc2)c1. The molecular weight excluding hydrogens is 304 g/mol. The molecule has 0 N–H and O–H groups in total. The lowest BCUT2D eigenvalue weighted by atomic mass is 9.83. The van der Waals surface area contributed by atoms with Gasteiger partial charge in [-0.1, -0.05) is 12.1 Å². The molecule has 1 aliphatic heterocycles. The summed E-state index contributed by atoms with van der Waals surface area (Å²) < 4.78 is 28.6. The average Bonchev–Trinajstić information content (AvgIpc) is 3.13. The summed E-state index contributed by atoms with van der Waals surface area (Å²) in [6, 6.07) is 11.7. The maximum Gasteiger partial charge on any atom is 0.525 e. The predicted octanol–water partition coefficient (Wildman–Crippen LogP) is 4.81. The number of benzene rings is 1. The van der Waals surface area contributed by atoms with Gasteiger partial charge in [0.1, 0.15) is 5.73 Å². The molecule has 1 fully saturated rings. The Hall–Kier alpha value is -1.85. The van der Waals surface area contributed by atoms with E-state index in [-0.39, 0.29) is 5.73 Å². The molecule has 0 radical (unpaired) electrons. The number of aromatic nitrogens is 1. The fraction of sp³-hybridized carbons (Fsp3) is 0.368. The van der Waals surface area contributed by atoms with E-state index in [0.29, 0.717) is 5.57 Å². The standard InChI is InChI=1S/C19H23BFNO2/c1-14(17(21)20-23-18(2,3)19(4,5)24-20)15-9-8-10-16(13-15)22-11-6-7-12-22/h6-13H,1-5H3. The smallest absolute Gasteiger partial charge is 0.398 e. The van der Waals surface area contributed by atoms with E-state index >= 15 is 0 Å². The van der Waals surface area contributed by atoms with Crippen molar-refractivity contribution in [3.8, 4) is 5.69 Å². The molecule has 1 saturated heterocycles. The van der Waals surface area contributed by atoms with Crippen molar-refractivity contribution < 1.29 is 13.7 Å². The Labute approximate surface area is 143 Å². The molecule has 3 rings (SSSR count). The van der Waals surface area contributed by atoms with Gasteiger partial charge < -0.3 is 13.9 Å². The van der Waals surface area contributed by atoms with Crippen LogP contribution in [0.2, 0.25) is 0 Å². The maximum absolute atomic E-state index is 15.0. The molecular formula is C19H23BFNO2. The van der Waals surface area contributed by atoms with Crippen molar-refractivity contribution in [1.29, 1.82) is 0 Å². The second kappa shape index (κ2) is 5.90. The zero-order chi connectivity index (χ0) is 17.5. The zero-order valence-corrected chi connectivity index (χ0v) is 14.8. The first-order chi connectivity index (χ1) is 11.2. The summed E-state index contributed by atoms with van der Waals surface area (Å²) in [7, 11) is -0.967. The second-order valence-corrected chi connectivity index (χ2v) is 7.20. The molecule has 0 aliphatic carbocycles. The second-order valence-electron chi connectivity index (χ2n) is 7.20. The van der Waals surface area contributed by atoms with Crippen LogP contribution in [-0.2, 0) is 9.31 Å². The van der Waals surface area contributed by atoms with E-state index in [1.807, 2.05) is 81.1 Å². The van der Waals surface area contributed by atoms with Gasteiger partial charge in [-0.05, 0) is 70.0 Å². The van der Waals surface area contributed by atoms with Crippen LogP contribution in [0.1, 0.15) is 40.2 Å². The first kappa shape index (κ1) is 17.0. The Morgan fingerprint density at radius 1 is 1.00 bits per heavy atom. The number of halogens is 1. The molecule has 1 aromatic heterocycles. The highest BCUT2D eigenvalue weighted by Gasteiger charge is 2.53. The Balaban J connectivity index is 1.92. The minimum Gasteiger partial charge on any atom is -0.398 e. The van der Waals surface area contributed by atoms with Gasteiger partial charge in [0.2, 0.25) is 0 Å². The fourth-order valence-electron chi connectivity index (χ4n) is 2.67. The third-order valence-corrected chi connectivity index (χ3v) is 5.00. The summed E-state index contributed by atoms with van der Waals surface area (Å²) in [4.78, 5) is 0. The van der Waals surface area contributed by atoms with Crippen LogP contribution in [0.4, 0.5) is 4.39 Å². The van der Waals surface area contributed by atoms with E-state index in [9.17, 15) is 4.39 Å². The largest absolute Gasteiger partial charge is 0.525 e. The summed E-state index contributed by atoms with van der Waals surface area (Å²) in [5.74, 6) is 0. The average molecular weight is 327 g/mol. The first-order valence-electron chi connectivity index (χ1n) is 8.17. The molecule has 24 heavy (non-hydrogen) atoms. The number of rotatable bonds is 3. The van der Waals surface area contributed by atoms with Crippen LogP contribution in [0.25, 0.3) is 11.3 Å². The lowest BCUT2D eigenvalue weighted by Gasteiger charge is -2.32. The normalized spacial score (nSPS) is 20.2. The van der Waals surface area contributed by atoms with Crippen molar-refractivity contribution in [3.05, 3.63) is 60.1 Å². The summed E-state index contributed by atoms with van der Waals surface area (Å²) in [5.41, 5.74) is 0.845. The van der Waals surface area contributed by atoms with E-state index < -0.39 is 18.3 Å². The Bertz CT molecular complexity index is 749. The quantitative estimate of drug-likeness (QED) is 0.755. The van der Waals surface area contributed by atoms with Gasteiger partial charge >= 0.3 is 7.12 Å². The topological polar surface area (TPSA) is 23.4 Å². The monoisotopic (exact) mass is 327 g/mol. The van der Waals surface area contributed by atoms with Gasteiger partial charge in [-0.2, -0.15) is 0 Å². The van der Waals surface area contributed by atoms with Crippen LogP contribution in [-0.4, -0.2) is 22.9 Å². The van der Waals surface area contributed by atoms with Gasteiger partial charge in [0.05, 0.1) is 11.2 Å². The van der Waals surface area contributed by atoms with Crippen LogP contribution in [0, 0.1) is 0 Å². The molecule has 3 nitrogen and oxygen atoms in total. The van der Waals surface area contributed by atoms with Crippen molar-refractivity contribution in [1.82, 2.24) is 4.57 Å². The predicted molar refractivity (Wildman–Crippen MR) is 95.6 cm³/mol. The van der Waals surface area contributed by atoms with Crippen LogP contribution >= 0.6 is 0 Å². The van der Waals surface area contributed by atoms with E-state index in [0.717, 1.165) is 11.3 Å². The summed E-state index contributed by atoms with van der Waals surface area (Å²) in [5, 5.41) is 0. The van der Waals surface area contributed by atoms with Crippen molar-refractivity contribution in [2.75, 3.05) is 0 Å². The van der Waals surface area contributed by atoms with Crippen LogP contribution in [0.5, 0.6) is 0 Å². The van der Waals surface area contributed by atoms with Gasteiger partial charge in [0.25, 0.3) is 0 Å². The Morgan fingerprint density at radius 3 is 2.17 bits per heavy atom. The molecule has 1 aromatic carbocycles. The highest BCUT2D eigenvalue weighted by molar-refractivity contribution is 6.55. The molecule has 2 heterocycles. The van der Waals surface area contributed by atoms with Crippen LogP contribution in [0.15, 0.2) is 54.5 Å². The van der Waals surface area contributed by atoms with E-state index in [4.69, 9.17) is 9.31 Å². The van der Waals surface area contributed by atoms with Crippen molar-refractivity contribution in [2.45, 2.75) is 45.8 Å². The summed E-state index contributed by atoms with van der Waals surface area (Å²) in [6.45, 7) is 9.43. The Morgan fingerprint density at radius 2 is 1.58 bits per heavy atom. The highest BCUT2D eigenvalue weighted by atomic mass is 19.1. The summed E-state index contributed by atoms with van der Waals surface area (Å²) >= 11 is 0. The number of hydrogen-bond acceptors (Lipinski definition) is 2. The third-order valence-electron chi connectivity index (χ3n) is 5.00. The molecule has 0 atom stereocenters. The van der Waals surface area contributed by atoms with Crippen molar-refractivity contribution >= 4 is 12.7 Å². The van der Waals surface area contributed by atoms with Gasteiger partial charge in [0.15, 0.2) is 0 Å². The van der Waals surface area contributed by atoms with Gasteiger partial charge in [-0.15, -0.1) is 0 Å². The Kier molecular flexibility index (Phi) is 4.18. The molecule has 126 valence electrons. The van der Waals surface area contributed by atoms with Gasteiger partial charge in [-0.3, -0.25) is 0 Å². The molecule has 1 aliphatic rings.